The van der Waals surface area contributed by atoms with E-state index in [1.807, 2.05) is 24.3 Å². The van der Waals surface area contributed by atoms with Crippen LogP contribution in [0.1, 0.15) is 24.6 Å². The van der Waals surface area contributed by atoms with Crippen LogP contribution in [0.25, 0.3) is 11.2 Å². The van der Waals surface area contributed by atoms with Gasteiger partial charge in [-0.05, 0) is 25.0 Å². The number of nitrogens with zero attached hydrogens (tertiary/aromatic N) is 2. The summed E-state index contributed by atoms with van der Waals surface area (Å²) in [4.78, 5) is 23.4. The van der Waals surface area contributed by atoms with E-state index < -0.39 is 11.9 Å². The number of H-pyrrole nitrogens is 1. The van der Waals surface area contributed by atoms with Crippen LogP contribution in [0.5, 0.6) is 0 Å². The molecule has 1 aliphatic rings. The molecule has 0 aromatic carbocycles. The fourth-order valence-electron chi connectivity index (χ4n) is 2.62. The Bertz CT molecular complexity index is 677. The Labute approximate surface area is 115 Å². The minimum absolute atomic E-state index is 0.121. The van der Waals surface area contributed by atoms with Crippen molar-refractivity contribution >= 4 is 23.0 Å². The maximum atomic E-state index is 11.4. The SMILES string of the molecule is CNc1ccc2[nH]c([C@@H]3CC=CC[C@@H]3C(=O)O)nc2n1. The summed E-state index contributed by atoms with van der Waals surface area (Å²) in [6, 6.07) is 3.76. The maximum absolute atomic E-state index is 11.4. The first kappa shape index (κ1) is 12.7. The van der Waals surface area contributed by atoms with Crippen LogP contribution in [0.15, 0.2) is 24.3 Å². The molecule has 2 aromatic rings. The van der Waals surface area contributed by atoms with Crippen LogP contribution >= 0.6 is 0 Å². The molecular weight excluding hydrogens is 256 g/mol. The largest absolute Gasteiger partial charge is 0.481 e. The zero-order valence-electron chi connectivity index (χ0n) is 11.1. The first-order chi connectivity index (χ1) is 9.69. The predicted molar refractivity (Wildman–Crippen MR) is 75.7 cm³/mol. The Morgan fingerprint density at radius 1 is 1.35 bits per heavy atom. The summed E-state index contributed by atoms with van der Waals surface area (Å²) >= 11 is 0. The molecule has 20 heavy (non-hydrogen) atoms. The topological polar surface area (TPSA) is 90.9 Å². The van der Waals surface area contributed by atoms with Crippen molar-refractivity contribution in [3.05, 3.63) is 30.1 Å². The molecule has 6 nitrogen and oxygen atoms in total. The summed E-state index contributed by atoms with van der Waals surface area (Å²) in [6.45, 7) is 0. The van der Waals surface area contributed by atoms with Gasteiger partial charge in [-0.2, -0.15) is 0 Å². The van der Waals surface area contributed by atoms with Gasteiger partial charge in [-0.3, -0.25) is 4.79 Å². The van der Waals surface area contributed by atoms with Gasteiger partial charge in [0.2, 0.25) is 0 Å². The lowest BCUT2D eigenvalue weighted by Crippen LogP contribution is -2.24. The number of anilines is 1. The van der Waals surface area contributed by atoms with Gasteiger partial charge in [0.1, 0.15) is 11.6 Å². The standard InChI is InChI=1S/C14H16N4O2/c1-15-11-7-6-10-13(17-11)18-12(16-10)8-4-2-3-5-9(8)14(19)20/h2-3,6-9H,4-5H2,1H3,(H,19,20)(H2,15,16,17,18)/t8-,9+/m1/s1. The van der Waals surface area contributed by atoms with Crippen molar-refractivity contribution in [3.8, 4) is 0 Å². The lowest BCUT2D eigenvalue weighted by Gasteiger charge is -2.23. The number of carbonyl (C=O) groups is 1. The van der Waals surface area contributed by atoms with Crippen molar-refractivity contribution in [1.29, 1.82) is 0 Å². The third-order valence-corrected chi connectivity index (χ3v) is 3.72. The summed E-state index contributed by atoms with van der Waals surface area (Å²) in [5.74, 6) is 0.129. The molecule has 3 N–H and O–H groups in total. The quantitative estimate of drug-likeness (QED) is 0.745. The molecule has 0 radical (unpaired) electrons. The molecule has 0 saturated carbocycles. The van der Waals surface area contributed by atoms with Crippen molar-refractivity contribution < 1.29 is 9.90 Å². The molecule has 0 fully saturated rings. The Morgan fingerprint density at radius 2 is 2.15 bits per heavy atom. The van der Waals surface area contributed by atoms with E-state index in [9.17, 15) is 9.90 Å². The Balaban J connectivity index is 2.00. The zero-order valence-corrected chi connectivity index (χ0v) is 11.1. The highest BCUT2D eigenvalue weighted by Gasteiger charge is 2.32. The van der Waals surface area contributed by atoms with E-state index in [1.165, 1.54) is 0 Å². The number of fused-ring (bicyclic) bond motifs is 1. The van der Waals surface area contributed by atoms with Crippen molar-refractivity contribution in [2.45, 2.75) is 18.8 Å². The molecule has 2 atom stereocenters. The molecule has 0 saturated heterocycles. The van der Waals surface area contributed by atoms with E-state index in [-0.39, 0.29) is 5.92 Å². The van der Waals surface area contributed by atoms with E-state index in [0.29, 0.717) is 24.3 Å². The first-order valence-corrected chi connectivity index (χ1v) is 6.61. The van der Waals surface area contributed by atoms with Crippen molar-refractivity contribution in [1.82, 2.24) is 15.0 Å². The fraction of sp³-hybridized carbons (Fsp3) is 0.357. The number of imidazole rings is 1. The molecule has 0 spiro atoms. The number of allylic oxidation sites excluding steroid dienone is 2. The van der Waals surface area contributed by atoms with E-state index in [0.717, 1.165) is 11.3 Å². The van der Waals surface area contributed by atoms with Gasteiger partial charge in [-0.15, -0.1) is 0 Å². The molecule has 2 heterocycles. The van der Waals surface area contributed by atoms with Crippen LogP contribution in [-0.4, -0.2) is 33.1 Å². The van der Waals surface area contributed by atoms with Gasteiger partial charge < -0.3 is 15.4 Å². The molecule has 6 heteroatoms. The Hall–Kier alpha value is -2.37. The number of aromatic nitrogens is 3. The van der Waals surface area contributed by atoms with Gasteiger partial charge in [0, 0.05) is 13.0 Å². The van der Waals surface area contributed by atoms with E-state index >= 15 is 0 Å². The molecule has 3 rings (SSSR count). The molecular formula is C14H16N4O2. The van der Waals surface area contributed by atoms with Gasteiger partial charge in [0.15, 0.2) is 5.65 Å². The number of aromatic amines is 1. The predicted octanol–water partition coefficient (Wildman–Crippen LogP) is 2.13. The van der Waals surface area contributed by atoms with Crippen LogP contribution in [0.4, 0.5) is 5.82 Å². The van der Waals surface area contributed by atoms with Crippen LogP contribution in [-0.2, 0) is 4.79 Å². The number of rotatable bonds is 3. The number of pyridine rings is 1. The van der Waals surface area contributed by atoms with Gasteiger partial charge in [0.25, 0.3) is 0 Å². The van der Waals surface area contributed by atoms with Crippen molar-refractivity contribution in [3.63, 3.8) is 0 Å². The summed E-state index contributed by atoms with van der Waals surface area (Å²) < 4.78 is 0. The summed E-state index contributed by atoms with van der Waals surface area (Å²) in [5.41, 5.74) is 1.45. The third kappa shape index (κ3) is 2.13. The number of nitrogens with one attached hydrogen (secondary N) is 2. The van der Waals surface area contributed by atoms with Crippen molar-refractivity contribution in [2.24, 2.45) is 5.92 Å². The highest BCUT2D eigenvalue weighted by atomic mass is 16.4. The Kier molecular flexibility index (Phi) is 3.14. The second kappa shape index (κ2) is 4.96. The number of aliphatic carboxylic acids is 1. The highest BCUT2D eigenvalue weighted by Crippen LogP contribution is 2.34. The first-order valence-electron chi connectivity index (χ1n) is 6.61. The minimum Gasteiger partial charge on any atom is -0.481 e. The Morgan fingerprint density at radius 3 is 2.90 bits per heavy atom. The highest BCUT2D eigenvalue weighted by molar-refractivity contribution is 5.74. The van der Waals surface area contributed by atoms with Crippen molar-refractivity contribution in [2.75, 3.05) is 12.4 Å². The van der Waals surface area contributed by atoms with E-state index in [2.05, 4.69) is 20.3 Å². The normalized spacial score (nSPS) is 22.1. The van der Waals surface area contributed by atoms with Gasteiger partial charge in [-0.25, -0.2) is 9.97 Å². The number of hydrogen-bond acceptors (Lipinski definition) is 4. The molecule has 0 bridgehead atoms. The van der Waals surface area contributed by atoms with Gasteiger partial charge in [0.05, 0.1) is 11.4 Å². The number of carboxylic acid groups (broad SMARTS) is 1. The molecule has 1 aliphatic carbocycles. The molecule has 0 unspecified atom stereocenters. The lowest BCUT2D eigenvalue weighted by molar-refractivity contribution is -0.142. The summed E-state index contributed by atoms with van der Waals surface area (Å²) in [7, 11) is 1.80. The second-order valence-corrected chi connectivity index (χ2v) is 4.93. The lowest BCUT2D eigenvalue weighted by atomic mass is 9.82. The molecule has 104 valence electrons. The third-order valence-electron chi connectivity index (χ3n) is 3.72. The van der Waals surface area contributed by atoms with Crippen LogP contribution < -0.4 is 5.32 Å². The number of hydrogen-bond donors (Lipinski definition) is 3. The minimum atomic E-state index is -0.774. The molecule has 0 aliphatic heterocycles. The van der Waals surface area contributed by atoms with E-state index in [4.69, 9.17) is 0 Å². The fourth-order valence-corrected chi connectivity index (χ4v) is 2.62. The van der Waals surface area contributed by atoms with Crippen LogP contribution in [0, 0.1) is 5.92 Å². The maximum Gasteiger partial charge on any atom is 0.307 e. The average Bonchev–Trinajstić information content (AvgIpc) is 2.89. The summed E-state index contributed by atoms with van der Waals surface area (Å²) in [6.07, 6.45) is 5.18. The molecule has 2 aromatic heterocycles. The average molecular weight is 272 g/mol. The van der Waals surface area contributed by atoms with Gasteiger partial charge in [-0.1, -0.05) is 12.2 Å². The monoisotopic (exact) mass is 272 g/mol. The van der Waals surface area contributed by atoms with Crippen LogP contribution in [0.3, 0.4) is 0 Å². The zero-order chi connectivity index (χ0) is 14.1. The van der Waals surface area contributed by atoms with Gasteiger partial charge >= 0.3 is 5.97 Å². The number of carboxylic acids is 1. The smallest absolute Gasteiger partial charge is 0.307 e. The van der Waals surface area contributed by atoms with Crippen LogP contribution in [0.2, 0.25) is 0 Å². The molecule has 0 amide bonds. The second-order valence-electron chi connectivity index (χ2n) is 4.93. The van der Waals surface area contributed by atoms with E-state index in [1.54, 1.807) is 7.05 Å². The summed E-state index contributed by atoms with van der Waals surface area (Å²) in [5, 5.41) is 12.3.